The van der Waals surface area contributed by atoms with Gasteiger partial charge in [-0.15, -0.1) is 0 Å². The zero-order valence-corrected chi connectivity index (χ0v) is 16.7. The number of esters is 2. The van der Waals surface area contributed by atoms with E-state index in [0.29, 0.717) is 12.0 Å². The summed E-state index contributed by atoms with van der Waals surface area (Å²) in [6.07, 6.45) is 0.422. The van der Waals surface area contributed by atoms with E-state index in [2.05, 4.69) is 0 Å². The van der Waals surface area contributed by atoms with Crippen LogP contribution in [0.3, 0.4) is 0 Å². The average molecular weight is 403 g/mol. The van der Waals surface area contributed by atoms with E-state index in [1.165, 1.54) is 24.6 Å². The third-order valence-electron chi connectivity index (χ3n) is 4.79. The minimum absolute atomic E-state index is 0.0580. The van der Waals surface area contributed by atoms with E-state index in [9.17, 15) is 18.0 Å². The van der Waals surface area contributed by atoms with Crippen LogP contribution in [0.2, 0.25) is 0 Å². The molecule has 7 nitrogen and oxygen atoms in total. The molecule has 0 N–H and O–H groups in total. The Bertz CT molecular complexity index is 1030. The number of hydrogen-bond acceptors (Lipinski definition) is 6. The summed E-state index contributed by atoms with van der Waals surface area (Å²) in [5.74, 6) is -1.32. The van der Waals surface area contributed by atoms with Crippen molar-refractivity contribution in [3.8, 4) is 0 Å². The zero-order chi connectivity index (χ0) is 20.5. The van der Waals surface area contributed by atoms with Gasteiger partial charge in [-0.3, -0.25) is 0 Å². The van der Waals surface area contributed by atoms with Gasteiger partial charge in [-0.05, 0) is 48.7 Å². The second-order valence-corrected chi connectivity index (χ2v) is 8.49. The third-order valence-corrected chi connectivity index (χ3v) is 6.65. The monoisotopic (exact) mass is 403 g/mol. The number of rotatable bonds is 4. The highest BCUT2D eigenvalue weighted by atomic mass is 32.2. The number of sulfonamides is 1. The molecule has 0 aliphatic carbocycles. The van der Waals surface area contributed by atoms with Gasteiger partial charge in [0.25, 0.3) is 0 Å². The first-order valence-electron chi connectivity index (χ1n) is 8.67. The summed E-state index contributed by atoms with van der Waals surface area (Å²) in [5.41, 5.74) is 2.62. The highest BCUT2D eigenvalue weighted by Gasteiger charge is 2.30. The molecule has 0 saturated heterocycles. The SMILES string of the molecule is COC(=O)c1cc2c(cc1C(=O)OC)CN(S(=O)(=O)c1ccc(C)cc1)CC2. The van der Waals surface area contributed by atoms with Gasteiger partial charge in [0.2, 0.25) is 10.0 Å². The minimum atomic E-state index is -3.67. The molecule has 0 aromatic heterocycles. The van der Waals surface area contributed by atoms with Crippen LogP contribution in [0, 0.1) is 6.92 Å². The van der Waals surface area contributed by atoms with Crippen LogP contribution in [0.1, 0.15) is 37.4 Å². The van der Waals surface area contributed by atoms with Gasteiger partial charge in [-0.2, -0.15) is 4.31 Å². The van der Waals surface area contributed by atoms with Crippen LogP contribution < -0.4 is 0 Å². The number of fused-ring (bicyclic) bond motifs is 1. The van der Waals surface area contributed by atoms with Gasteiger partial charge >= 0.3 is 11.9 Å². The average Bonchev–Trinajstić information content (AvgIpc) is 2.71. The maximum atomic E-state index is 13.0. The van der Waals surface area contributed by atoms with Gasteiger partial charge in [-0.1, -0.05) is 17.7 Å². The first-order chi connectivity index (χ1) is 13.3. The van der Waals surface area contributed by atoms with Crippen LogP contribution in [-0.2, 0) is 32.5 Å². The summed E-state index contributed by atoms with van der Waals surface area (Å²) in [6.45, 7) is 2.28. The fraction of sp³-hybridized carbons (Fsp3) is 0.300. The molecule has 2 aromatic carbocycles. The van der Waals surface area contributed by atoms with E-state index >= 15 is 0 Å². The summed E-state index contributed by atoms with van der Waals surface area (Å²) in [4.78, 5) is 24.4. The quantitative estimate of drug-likeness (QED) is 0.728. The lowest BCUT2D eigenvalue weighted by Crippen LogP contribution is -2.36. The Labute approximate surface area is 163 Å². The molecule has 1 aliphatic rings. The summed E-state index contributed by atoms with van der Waals surface area (Å²) in [7, 11) is -1.21. The molecule has 1 aliphatic heterocycles. The van der Waals surface area contributed by atoms with E-state index < -0.39 is 22.0 Å². The van der Waals surface area contributed by atoms with Crippen molar-refractivity contribution >= 4 is 22.0 Å². The molecule has 148 valence electrons. The van der Waals surface area contributed by atoms with E-state index in [1.54, 1.807) is 30.3 Å². The van der Waals surface area contributed by atoms with Crippen molar-refractivity contribution in [1.29, 1.82) is 0 Å². The maximum absolute atomic E-state index is 13.0. The van der Waals surface area contributed by atoms with Gasteiger partial charge in [0.05, 0.1) is 30.2 Å². The summed E-state index contributed by atoms with van der Waals surface area (Å²) in [5, 5.41) is 0. The third kappa shape index (κ3) is 3.65. The minimum Gasteiger partial charge on any atom is -0.465 e. The first kappa shape index (κ1) is 20.0. The fourth-order valence-electron chi connectivity index (χ4n) is 3.21. The highest BCUT2D eigenvalue weighted by Crippen LogP contribution is 2.28. The van der Waals surface area contributed by atoms with Crippen LogP contribution in [0.15, 0.2) is 41.3 Å². The molecule has 0 radical (unpaired) electrons. The van der Waals surface area contributed by atoms with Crippen molar-refractivity contribution in [3.63, 3.8) is 0 Å². The number of hydrogen-bond donors (Lipinski definition) is 0. The number of benzene rings is 2. The summed E-state index contributed by atoms with van der Waals surface area (Å²) in [6, 6.07) is 9.78. The molecular weight excluding hydrogens is 382 g/mol. The van der Waals surface area contributed by atoms with Crippen molar-refractivity contribution in [2.75, 3.05) is 20.8 Å². The fourth-order valence-corrected chi connectivity index (χ4v) is 4.62. The molecule has 0 amide bonds. The Kier molecular flexibility index (Phi) is 5.53. The molecule has 0 fully saturated rings. The Hall–Kier alpha value is -2.71. The molecule has 28 heavy (non-hydrogen) atoms. The molecule has 0 bridgehead atoms. The molecule has 0 unspecified atom stereocenters. The molecular formula is C20H21NO6S. The number of carbonyl (C=O) groups excluding carboxylic acids is 2. The van der Waals surface area contributed by atoms with E-state index in [4.69, 9.17) is 9.47 Å². The van der Waals surface area contributed by atoms with Gasteiger partial charge in [-0.25, -0.2) is 18.0 Å². The van der Waals surface area contributed by atoms with Gasteiger partial charge in [0.1, 0.15) is 0 Å². The largest absolute Gasteiger partial charge is 0.465 e. The number of methoxy groups -OCH3 is 2. The van der Waals surface area contributed by atoms with Gasteiger partial charge in [0, 0.05) is 13.1 Å². The smallest absolute Gasteiger partial charge is 0.338 e. The molecule has 3 rings (SSSR count). The van der Waals surface area contributed by atoms with E-state index in [-0.39, 0.29) is 29.1 Å². The van der Waals surface area contributed by atoms with Crippen LogP contribution >= 0.6 is 0 Å². The summed E-state index contributed by atoms with van der Waals surface area (Å²) >= 11 is 0. The molecule has 0 spiro atoms. The van der Waals surface area contributed by atoms with Crippen molar-refractivity contribution in [1.82, 2.24) is 4.31 Å². The second-order valence-electron chi connectivity index (χ2n) is 6.55. The molecule has 0 saturated carbocycles. The van der Waals surface area contributed by atoms with Crippen LogP contribution in [0.4, 0.5) is 0 Å². The lowest BCUT2D eigenvalue weighted by atomic mass is 9.94. The van der Waals surface area contributed by atoms with Crippen molar-refractivity contribution in [2.24, 2.45) is 0 Å². The normalized spacial score (nSPS) is 14.2. The highest BCUT2D eigenvalue weighted by molar-refractivity contribution is 7.89. The predicted octanol–water partition coefficient (Wildman–Crippen LogP) is 2.32. The van der Waals surface area contributed by atoms with Crippen molar-refractivity contribution < 1.29 is 27.5 Å². The van der Waals surface area contributed by atoms with Crippen molar-refractivity contribution in [2.45, 2.75) is 24.8 Å². The maximum Gasteiger partial charge on any atom is 0.338 e. The van der Waals surface area contributed by atoms with E-state index in [1.807, 2.05) is 6.92 Å². The number of aryl methyl sites for hydroxylation is 1. The zero-order valence-electron chi connectivity index (χ0n) is 15.9. The van der Waals surface area contributed by atoms with Crippen molar-refractivity contribution in [3.05, 3.63) is 64.2 Å². The van der Waals surface area contributed by atoms with Crippen LogP contribution in [0.25, 0.3) is 0 Å². The number of ether oxygens (including phenoxy) is 2. The van der Waals surface area contributed by atoms with Crippen LogP contribution in [-0.4, -0.2) is 45.4 Å². The number of carbonyl (C=O) groups is 2. The standard InChI is InChI=1S/C20H21NO6S/c1-13-4-6-16(7-5-13)28(24,25)21-9-8-14-10-17(19(22)26-2)18(20(23)27-3)11-15(14)12-21/h4-7,10-11H,8-9,12H2,1-3H3. The topological polar surface area (TPSA) is 90.0 Å². The van der Waals surface area contributed by atoms with E-state index in [0.717, 1.165) is 11.1 Å². The lowest BCUT2D eigenvalue weighted by Gasteiger charge is -2.29. The van der Waals surface area contributed by atoms with Gasteiger partial charge < -0.3 is 9.47 Å². The Morgan fingerprint density at radius 1 is 0.929 bits per heavy atom. The lowest BCUT2D eigenvalue weighted by molar-refractivity contribution is 0.0555. The Morgan fingerprint density at radius 2 is 1.46 bits per heavy atom. The predicted molar refractivity (Wildman–Crippen MR) is 102 cm³/mol. The Balaban J connectivity index is 1.99. The first-order valence-corrected chi connectivity index (χ1v) is 10.1. The molecule has 2 aromatic rings. The molecule has 1 heterocycles. The van der Waals surface area contributed by atoms with Crippen LogP contribution in [0.5, 0.6) is 0 Å². The Morgan fingerprint density at radius 3 is 2.00 bits per heavy atom. The second kappa shape index (κ2) is 7.73. The molecule has 8 heteroatoms. The summed E-state index contributed by atoms with van der Waals surface area (Å²) < 4.78 is 36.8. The molecule has 0 atom stereocenters. The number of nitrogens with zero attached hydrogens (tertiary/aromatic N) is 1. The van der Waals surface area contributed by atoms with Gasteiger partial charge in [0.15, 0.2) is 0 Å².